The first-order valence-electron chi connectivity index (χ1n) is 9.74. The van der Waals surface area contributed by atoms with Gasteiger partial charge in [0.2, 0.25) is 0 Å². The maximum absolute atomic E-state index is 6.24. The summed E-state index contributed by atoms with van der Waals surface area (Å²) in [6, 6.07) is 23.7. The SMILES string of the molecule is Cc1cc(-c2ccc3c[c]([Ge]([CH3])([CH3])[CH3])ccc3n2)c2oc3ccccc3c2c1. The molecule has 0 aliphatic heterocycles. The van der Waals surface area contributed by atoms with Crippen LogP contribution >= 0.6 is 0 Å². The van der Waals surface area contributed by atoms with Crippen LogP contribution < -0.4 is 4.40 Å². The molecule has 0 amide bonds. The fourth-order valence-electron chi connectivity index (χ4n) is 3.90. The van der Waals surface area contributed by atoms with Gasteiger partial charge in [0.1, 0.15) is 0 Å². The summed E-state index contributed by atoms with van der Waals surface area (Å²) < 4.78 is 7.75. The van der Waals surface area contributed by atoms with Gasteiger partial charge in [0.15, 0.2) is 0 Å². The summed E-state index contributed by atoms with van der Waals surface area (Å²) in [5.74, 6) is 7.27. The van der Waals surface area contributed by atoms with Crippen LogP contribution in [0.2, 0.25) is 17.3 Å². The number of para-hydroxylation sites is 1. The Kier molecular flexibility index (Phi) is 3.88. The van der Waals surface area contributed by atoms with Gasteiger partial charge in [-0.1, -0.05) is 0 Å². The molecular weight excluding hydrogens is 403 g/mol. The van der Waals surface area contributed by atoms with Gasteiger partial charge >= 0.3 is 168 Å². The first-order valence-corrected chi connectivity index (χ1v) is 17.1. The van der Waals surface area contributed by atoms with Gasteiger partial charge in [-0.05, 0) is 0 Å². The van der Waals surface area contributed by atoms with Crippen LogP contribution in [-0.4, -0.2) is 18.3 Å². The average molecular weight is 426 g/mol. The van der Waals surface area contributed by atoms with Gasteiger partial charge < -0.3 is 0 Å². The van der Waals surface area contributed by atoms with Crippen molar-refractivity contribution in [2.45, 2.75) is 24.2 Å². The molecule has 28 heavy (non-hydrogen) atoms. The normalized spacial score (nSPS) is 12.3. The predicted octanol–water partition coefficient (Wildman–Crippen LogP) is 6.65. The molecule has 0 spiro atoms. The van der Waals surface area contributed by atoms with Gasteiger partial charge in [-0.3, -0.25) is 0 Å². The summed E-state index contributed by atoms with van der Waals surface area (Å²) in [6.07, 6.45) is 0. The Morgan fingerprint density at radius 3 is 2.46 bits per heavy atom. The van der Waals surface area contributed by atoms with E-state index >= 15 is 0 Å². The van der Waals surface area contributed by atoms with Crippen LogP contribution in [0.15, 0.2) is 71.1 Å². The molecule has 0 radical (unpaired) electrons. The topological polar surface area (TPSA) is 26.0 Å². The van der Waals surface area contributed by atoms with Crippen molar-refractivity contribution in [1.29, 1.82) is 0 Å². The predicted molar refractivity (Wildman–Crippen MR) is 122 cm³/mol. The number of fused-ring (bicyclic) bond motifs is 4. The zero-order chi connectivity index (χ0) is 19.5. The molecule has 0 aliphatic carbocycles. The summed E-state index contributed by atoms with van der Waals surface area (Å²) >= 11 is -1.85. The molecule has 0 aliphatic rings. The molecule has 5 rings (SSSR count). The number of furan rings is 1. The van der Waals surface area contributed by atoms with Crippen molar-refractivity contribution in [3.8, 4) is 11.3 Å². The second kappa shape index (κ2) is 6.21. The Hall–Kier alpha value is -2.59. The quantitative estimate of drug-likeness (QED) is 0.296. The molecule has 3 aromatic carbocycles. The molecule has 2 aromatic heterocycles. The van der Waals surface area contributed by atoms with Gasteiger partial charge in [0.05, 0.1) is 0 Å². The molecule has 5 aromatic rings. The standard InChI is InChI=1S/C25H23GeNO/c1-16-13-20-19-7-5-6-8-24(19)28-25(20)21(14-16)23-11-9-17-15-18(26(2,3)4)10-12-22(17)27-23/h5-15H,1-4H3. The summed E-state index contributed by atoms with van der Waals surface area (Å²) in [6.45, 7) is 2.13. The summed E-state index contributed by atoms with van der Waals surface area (Å²) in [5.41, 5.74) is 6.12. The molecule has 0 bridgehead atoms. The van der Waals surface area contributed by atoms with Crippen LogP contribution in [0, 0.1) is 6.92 Å². The van der Waals surface area contributed by atoms with Crippen molar-refractivity contribution in [3.05, 3.63) is 72.3 Å². The van der Waals surface area contributed by atoms with Crippen molar-refractivity contribution in [3.63, 3.8) is 0 Å². The molecule has 0 saturated carbocycles. The van der Waals surface area contributed by atoms with Gasteiger partial charge in [-0.15, -0.1) is 0 Å². The fraction of sp³-hybridized carbons (Fsp3) is 0.160. The molecule has 138 valence electrons. The second-order valence-corrected chi connectivity index (χ2v) is 19.3. The van der Waals surface area contributed by atoms with Crippen molar-refractivity contribution in [2.24, 2.45) is 0 Å². The number of aromatic nitrogens is 1. The van der Waals surface area contributed by atoms with Crippen LogP contribution in [0.5, 0.6) is 0 Å². The van der Waals surface area contributed by atoms with Crippen LogP contribution in [0.4, 0.5) is 0 Å². The third-order valence-corrected chi connectivity index (χ3v) is 9.74. The van der Waals surface area contributed by atoms with Gasteiger partial charge in [-0.2, -0.15) is 0 Å². The van der Waals surface area contributed by atoms with E-state index in [1.165, 1.54) is 15.3 Å². The van der Waals surface area contributed by atoms with Gasteiger partial charge in [0.25, 0.3) is 0 Å². The molecule has 0 N–H and O–H groups in total. The first kappa shape index (κ1) is 17.5. The van der Waals surface area contributed by atoms with Gasteiger partial charge in [-0.25, -0.2) is 0 Å². The van der Waals surface area contributed by atoms with Crippen molar-refractivity contribution in [2.75, 3.05) is 0 Å². The van der Waals surface area contributed by atoms with E-state index in [1.54, 1.807) is 0 Å². The number of nitrogens with zero attached hydrogens (tertiary/aromatic N) is 1. The minimum atomic E-state index is -1.85. The Bertz CT molecular complexity index is 1360. The molecule has 0 unspecified atom stereocenters. The summed E-state index contributed by atoms with van der Waals surface area (Å²) in [7, 11) is 0. The Balaban J connectivity index is 1.74. The molecule has 0 atom stereocenters. The van der Waals surface area contributed by atoms with Crippen LogP contribution in [0.25, 0.3) is 44.1 Å². The Morgan fingerprint density at radius 1 is 0.821 bits per heavy atom. The van der Waals surface area contributed by atoms with E-state index in [0.29, 0.717) is 0 Å². The Labute approximate surface area is 167 Å². The molecule has 3 heteroatoms. The van der Waals surface area contributed by atoms with E-state index in [-0.39, 0.29) is 0 Å². The van der Waals surface area contributed by atoms with E-state index in [2.05, 4.69) is 78.8 Å². The monoisotopic (exact) mass is 427 g/mol. The van der Waals surface area contributed by atoms with Crippen molar-refractivity contribution >= 4 is 50.5 Å². The summed E-state index contributed by atoms with van der Waals surface area (Å²) in [5, 5.41) is 3.53. The fourth-order valence-corrected chi connectivity index (χ4v) is 6.36. The van der Waals surface area contributed by atoms with Crippen molar-refractivity contribution < 1.29 is 4.42 Å². The summed E-state index contributed by atoms with van der Waals surface area (Å²) in [4.78, 5) is 4.99. The minimum absolute atomic E-state index is 0.917. The molecule has 0 fully saturated rings. The maximum atomic E-state index is 6.24. The number of rotatable bonds is 2. The number of hydrogen-bond acceptors (Lipinski definition) is 2. The first-order chi connectivity index (χ1) is 13.4. The van der Waals surface area contributed by atoms with Crippen LogP contribution in [0.3, 0.4) is 0 Å². The molecule has 0 saturated heterocycles. The van der Waals surface area contributed by atoms with E-state index in [0.717, 1.165) is 38.7 Å². The molecular formula is C25H23GeNO. The number of pyridine rings is 1. The van der Waals surface area contributed by atoms with Crippen LogP contribution in [-0.2, 0) is 0 Å². The number of hydrogen-bond donors (Lipinski definition) is 0. The van der Waals surface area contributed by atoms with E-state index in [1.807, 2.05) is 12.1 Å². The number of aryl methyl sites for hydroxylation is 1. The van der Waals surface area contributed by atoms with Crippen LogP contribution in [0.1, 0.15) is 5.56 Å². The number of benzene rings is 3. The molecule has 2 nitrogen and oxygen atoms in total. The van der Waals surface area contributed by atoms with Crippen molar-refractivity contribution in [1.82, 2.24) is 4.98 Å². The third kappa shape index (κ3) is 2.83. The average Bonchev–Trinajstić information content (AvgIpc) is 3.04. The van der Waals surface area contributed by atoms with Gasteiger partial charge in [0, 0.05) is 0 Å². The zero-order valence-corrected chi connectivity index (χ0v) is 18.8. The zero-order valence-electron chi connectivity index (χ0n) is 16.7. The second-order valence-electron chi connectivity index (χ2n) is 8.64. The van der Waals surface area contributed by atoms with E-state index < -0.39 is 13.3 Å². The molecule has 2 heterocycles. The van der Waals surface area contributed by atoms with E-state index in [9.17, 15) is 0 Å². The Morgan fingerprint density at radius 2 is 1.64 bits per heavy atom. The van der Waals surface area contributed by atoms with E-state index in [4.69, 9.17) is 9.40 Å². The third-order valence-electron chi connectivity index (χ3n) is 5.45.